The van der Waals surface area contributed by atoms with Crippen LogP contribution in [-0.2, 0) is 4.79 Å². The number of amides is 1. The predicted octanol–water partition coefficient (Wildman–Crippen LogP) is 4.58. The summed E-state index contributed by atoms with van der Waals surface area (Å²) in [4.78, 5) is 12.4. The highest BCUT2D eigenvalue weighted by atomic mass is 16.5. The molecule has 138 valence electrons. The maximum Gasteiger partial charge on any atom is 0.266 e. The minimum absolute atomic E-state index is 0.00457. The Morgan fingerprint density at radius 3 is 2.59 bits per heavy atom. The molecule has 0 radical (unpaired) electrons. The highest BCUT2D eigenvalue weighted by molar-refractivity contribution is 6.09. The van der Waals surface area contributed by atoms with Gasteiger partial charge in [0.25, 0.3) is 5.91 Å². The van der Waals surface area contributed by atoms with E-state index in [9.17, 15) is 10.1 Å². The lowest BCUT2D eigenvalue weighted by atomic mass is 10.1. The molecule has 0 aliphatic heterocycles. The lowest BCUT2D eigenvalue weighted by molar-refractivity contribution is -0.112. The molecule has 27 heavy (non-hydrogen) atoms. The SMILES string of the molecule is C=CCOc1ccc(/C=C(/C#N)C(=O)Nc2cccc(OC(C)C)c2)cc1. The van der Waals surface area contributed by atoms with Gasteiger partial charge >= 0.3 is 0 Å². The first kappa shape index (κ1) is 19.8. The minimum atomic E-state index is -0.480. The third-order valence-corrected chi connectivity index (χ3v) is 3.39. The van der Waals surface area contributed by atoms with E-state index >= 15 is 0 Å². The van der Waals surface area contributed by atoms with Gasteiger partial charge in [0, 0.05) is 11.8 Å². The number of nitriles is 1. The van der Waals surface area contributed by atoms with E-state index in [4.69, 9.17) is 9.47 Å². The zero-order valence-corrected chi connectivity index (χ0v) is 15.4. The molecule has 1 N–H and O–H groups in total. The first-order valence-corrected chi connectivity index (χ1v) is 8.55. The summed E-state index contributed by atoms with van der Waals surface area (Å²) in [7, 11) is 0. The van der Waals surface area contributed by atoms with Crippen molar-refractivity contribution in [2.24, 2.45) is 0 Å². The smallest absolute Gasteiger partial charge is 0.266 e. The van der Waals surface area contributed by atoms with E-state index in [2.05, 4.69) is 11.9 Å². The van der Waals surface area contributed by atoms with Gasteiger partial charge in [-0.15, -0.1) is 0 Å². The second-order valence-corrected chi connectivity index (χ2v) is 5.99. The van der Waals surface area contributed by atoms with Gasteiger partial charge in [-0.1, -0.05) is 30.9 Å². The van der Waals surface area contributed by atoms with E-state index in [-0.39, 0.29) is 11.7 Å². The van der Waals surface area contributed by atoms with Gasteiger partial charge in [0.2, 0.25) is 0 Å². The van der Waals surface area contributed by atoms with Crippen LogP contribution in [-0.4, -0.2) is 18.6 Å². The van der Waals surface area contributed by atoms with E-state index in [1.165, 1.54) is 6.08 Å². The Hall–Kier alpha value is -3.52. The first-order chi connectivity index (χ1) is 13.0. The summed E-state index contributed by atoms with van der Waals surface area (Å²) < 4.78 is 11.0. The van der Waals surface area contributed by atoms with Crippen LogP contribution in [0.4, 0.5) is 5.69 Å². The molecule has 5 nitrogen and oxygen atoms in total. The molecule has 0 bridgehead atoms. The third kappa shape index (κ3) is 6.37. The molecule has 0 saturated heterocycles. The largest absolute Gasteiger partial charge is 0.491 e. The quantitative estimate of drug-likeness (QED) is 0.424. The van der Waals surface area contributed by atoms with Crippen molar-refractivity contribution in [1.82, 2.24) is 0 Å². The van der Waals surface area contributed by atoms with Gasteiger partial charge in [0.05, 0.1) is 6.10 Å². The summed E-state index contributed by atoms with van der Waals surface area (Å²) in [6.45, 7) is 7.86. The normalized spacial score (nSPS) is 10.8. The van der Waals surface area contributed by atoms with Gasteiger partial charge in [-0.2, -0.15) is 5.26 Å². The average molecular weight is 362 g/mol. The number of hydrogen-bond acceptors (Lipinski definition) is 4. The molecule has 0 atom stereocenters. The maximum absolute atomic E-state index is 12.4. The predicted molar refractivity (Wildman–Crippen MR) is 107 cm³/mol. The second kappa shape index (κ2) is 9.83. The van der Waals surface area contributed by atoms with E-state index < -0.39 is 5.91 Å². The fourth-order valence-corrected chi connectivity index (χ4v) is 2.25. The molecule has 0 fully saturated rings. The second-order valence-electron chi connectivity index (χ2n) is 5.99. The van der Waals surface area contributed by atoms with Gasteiger partial charge in [-0.25, -0.2) is 0 Å². The molecule has 0 heterocycles. The Labute approximate surface area is 159 Å². The number of anilines is 1. The van der Waals surface area contributed by atoms with Crippen molar-refractivity contribution in [2.45, 2.75) is 20.0 Å². The minimum Gasteiger partial charge on any atom is -0.491 e. The summed E-state index contributed by atoms with van der Waals surface area (Å²) in [5, 5.41) is 12.1. The van der Waals surface area contributed by atoms with Crippen molar-refractivity contribution in [3.05, 3.63) is 72.3 Å². The Morgan fingerprint density at radius 1 is 1.22 bits per heavy atom. The molecule has 2 rings (SSSR count). The van der Waals surface area contributed by atoms with Crippen molar-refractivity contribution in [1.29, 1.82) is 5.26 Å². The number of benzene rings is 2. The van der Waals surface area contributed by atoms with Crippen molar-refractivity contribution in [3.63, 3.8) is 0 Å². The maximum atomic E-state index is 12.4. The molecule has 0 aliphatic carbocycles. The lowest BCUT2D eigenvalue weighted by Crippen LogP contribution is -2.13. The van der Waals surface area contributed by atoms with Crippen molar-refractivity contribution in [3.8, 4) is 17.6 Å². The number of carbonyl (C=O) groups excluding carboxylic acids is 1. The molecule has 0 aliphatic rings. The standard InChI is InChI=1S/C22H22N2O3/c1-4-12-26-20-10-8-17(9-11-20)13-18(15-23)22(25)24-19-6-5-7-21(14-19)27-16(2)3/h4-11,13-14,16H,1,12H2,2-3H3,(H,24,25)/b18-13-. The Morgan fingerprint density at radius 2 is 1.96 bits per heavy atom. The van der Waals surface area contributed by atoms with E-state index in [0.717, 1.165) is 5.56 Å². The van der Waals surface area contributed by atoms with Crippen LogP contribution in [0.5, 0.6) is 11.5 Å². The third-order valence-electron chi connectivity index (χ3n) is 3.39. The number of carbonyl (C=O) groups is 1. The Kier molecular flexibility index (Phi) is 7.21. The molecular formula is C22H22N2O3. The lowest BCUT2D eigenvalue weighted by Gasteiger charge is -2.11. The number of ether oxygens (including phenoxy) is 2. The summed E-state index contributed by atoms with van der Waals surface area (Å²) in [5.74, 6) is 0.864. The van der Waals surface area contributed by atoms with Crippen LogP contribution < -0.4 is 14.8 Å². The van der Waals surface area contributed by atoms with Crippen molar-refractivity contribution in [2.75, 3.05) is 11.9 Å². The highest BCUT2D eigenvalue weighted by Crippen LogP contribution is 2.20. The number of nitrogens with zero attached hydrogens (tertiary/aromatic N) is 1. The molecule has 0 unspecified atom stereocenters. The average Bonchev–Trinajstić information content (AvgIpc) is 2.65. The monoisotopic (exact) mass is 362 g/mol. The first-order valence-electron chi connectivity index (χ1n) is 8.55. The zero-order chi connectivity index (χ0) is 19.6. The molecular weight excluding hydrogens is 340 g/mol. The van der Waals surface area contributed by atoms with E-state index in [0.29, 0.717) is 23.8 Å². The van der Waals surface area contributed by atoms with Crippen LogP contribution in [0.3, 0.4) is 0 Å². The topological polar surface area (TPSA) is 71.3 Å². The van der Waals surface area contributed by atoms with E-state index in [1.807, 2.05) is 26.0 Å². The Bertz CT molecular complexity index is 862. The summed E-state index contributed by atoms with van der Waals surface area (Å²) >= 11 is 0. The number of hydrogen-bond donors (Lipinski definition) is 1. The molecule has 2 aromatic rings. The fraction of sp³-hybridized carbons (Fsp3) is 0.182. The van der Waals surface area contributed by atoms with Gasteiger partial charge in [-0.05, 0) is 49.8 Å². The van der Waals surface area contributed by atoms with Crippen LogP contribution >= 0.6 is 0 Å². The van der Waals surface area contributed by atoms with Crippen LogP contribution in [0.1, 0.15) is 19.4 Å². The molecule has 0 aromatic heterocycles. The van der Waals surface area contributed by atoms with Crippen LogP contribution in [0.2, 0.25) is 0 Å². The fourth-order valence-electron chi connectivity index (χ4n) is 2.25. The van der Waals surface area contributed by atoms with Gasteiger partial charge in [0.15, 0.2) is 0 Å². The van der Waals surface area contributed by atoms with Gasteiger partial charge < -0.3 is 14.8 Å². The van der Waals surface area contributed by atoms with Crippen LogP contribution in [0, 0.1) is 11.3 Å². The van der Waals surface area contributed by atoms with Gasteiger partial charge in [0.1, 0.15) is 29.7 Å². The molecule has 0 saturated carbocycles. The highest BCUT2D eigenvalue weighted by Gasteiger charge is 2.10. The van der Waals surface area contributed by atoms with Gasteiger partial charge in [-0.3, -0.25) is 4.79 Å². The van der Waals surface area contributed by atoms with Crippen molar-refractivity contribution >= 4 is 17.7 Å². The molecule has 0 spiro atoms. The van der Waals surface area contributed by atoms with Crippen molar-refractivity contribution < 1.29 is 14.3 Å². The summed E-state index contributed by atoms with van der Waals surface area (Å²) in [6, 6.07) is 16.1. The molecule has 2 aromatic carbocycles. The van der Waals surface area contributed by atoms with Crippen LogP contribution in [0.15, 0.2) is 66.8 Å². The number of nitrogens with one attached hydrogen (secondary N) is 1. The Balaban J connectivity index is 2.10. The summed E-state index contributed by atoms with van der Waals surface area (Å²) in [5.41, 5.74) is 1.29. The zero-order valence-electron chi connectivity index (χ0n) is 15.4. The molecule has 5 heteroatoms. The number of rotatable bonds is 8. The van der Waals surface area contributed by atoms with Crippen LogP contribution in [0.25, 0.3) is 6.08 Å². The molecule has 1 amide bonds. The summed E-state index contributed by atoms with van der Waals surface area (Å²) in [6.07, 6.45) is 3.22. The van der Waals surface area contributed by atoms with E-state index in [1.54, 1.807) is 48.5 Å².